The maximum Gasteiger partial charge on any atom is 0.335 e. The number of carboxylic acid groups (broad SMARTS) is 1. The molecule has 20 heavy (non-hydrogen) atoms. The lowest BCUT2D eigenvalue weighted by Gasteiger charge is -2.22. The molecular weight excluding hydrogens is 254 g/mol. The number of carboxylic acids is 1. The van der Waals surface area contributed by atoms with E-state index in [0.29, 0.717) is 5.56 Å². The average molecular weight is 275 g/mol. The number of aromatic carboxylic acids is 1. The number of aryl methyl sites for hydroxylation is 1. The van der Waals surface area contributed by atoms with Crippen molar-refractivity contribution in [1.82, 2.24) is 0 Å². The molecule has 0 amide bonds. The van der Waals surface area contributed by atoms with E-state index in [1.54, 1.807) is 19.2 Å². The molecule has 0 aliphatic heterocycles. The topological polar surface area (TPSA) is 58.9 Å². The molecule has 1 aliphatic rings. The van der Waals surface area contributed by atoms with Gasteiger partial charge >= 0.3 is 5.97 Å². The Balaban J connectivity index is 1.78. The number of oxime groups is 1. The predicted octanol–water partition coefficient (Wildman–Crippen LogP) is 3.51. The van der Waals surface area contributed by atoms with Gasteiger partial charge in [-0.3, -0.25) is 0 Å². The molecule has 1 N–H and O–H groups in total. The van der Waals surface area contributed by atoms with E-state index in [9.17, 15) is 4.79 Å². The van der Waals surface area contributed by atoms with E-state index in [2.05, 4.69) is 5.16 Å². The standard InChI is InChI=1S/C16H21NO3/c1-20-17-15-10-6-13(7-11-15)3-2-12-4-8-14(9-5-12)16(18)19/h4-5,8-9,13H,2-3,6-7,10-11H2,1H3,(H,18,19). The zero-order valence-electron chi connectivity index (χ0n) is 11.8. The highest BCUT2D eigenvalue weighted by molar-refractivity contribution is 5.87. The molecule has 0 unspecified atom stereocenters. The fourth-order valence-corrected chi connectivity index (χ4v) is 2.70. The van der Waals surface area contributed by atoms with Gasteiger partial charge in [0.05, 0.1) is 11.3 Å². The van der Waals surface area contributed by atoms with Crippen molar-refractivity contribution in [3.63, 3.8) is 0 Å². The first kappa shape index (κ1) is 14.6. The maximum absolute atomic E-state index is 10.8. The van der Waals surface area contributed by atoms with Gasteiger partial charge in [0.2, 0.25) is 0 Å². The third-order valence-corrected chi connectivity index (χ3v) is 3.94. The average Bonchev–Trinajstić information content (AvgIpc) is 2.47. The first-order valence-electron chi connectivity index (χ1n) is 7.10. The molecule has 4 heteroatoms. The van der Waals surface area contributed by atoms with Crippen LogP contribution in [0.2, 0.25) is 0 Å². The van der Waals surface area contributed by atoms with E-state index in [1.807, 2.05) is 12.1 Å². The number of benzene rings is 1. The van der Waals surface area contributed by atoms with Crippen molar-refractivity contribution in [2.45, 2.75) is 38.5 Å². The number of hydrogen-bond donors (Lipinski definition) is 1. The third kappa shape index (κ3) is 4.08. The van der Waals surface area contributed by atoms with Crippen LogP contribution in [-0.4, -0.2) is 23.9 Å². The molecule has 2 rings (SSSR count). The lowest BCUT2D eigenvalue weighted by molar-refractivity contribution is 0.0697. The molecule has 0 atom stereocenters. The van der Waals surface area contributed by atoms with Crippen LogP contribution in [0.1, 0.15) is 48.0 Å². The van der Waals surface area contributed by atoms with E-state index in [0.717, 1.165) is 31.6 Å². The van der Waals surface area contributed by atoms with Crippen molar-refractivity contribution < 1.29 is 14.7 Å². The summed E-state index contributed by atoms with van der Waals surface area (Å²) in [6, 6.07) is 7.21. The Morgan fingerprint density at radius 2 is 1.95 bits per heavy atom. The van der Waals surface area contributed by atoms with Gasteiger partial charge in [-0.05, 0) is 62.1 Å². The molecule has 0 spiro atoms. The molecule has 0 heterocycles. The molecule has 0 bridgehead atoms. The second-order valence-electron chi connectivity index (χ2n) is 5.32. The lowest BCUT2D eigenvalue weighted by Crippen LogP contribution is -2.15. The van der Waals surface area contributed by atoms with Crippen LogP contribution in [0.5, 0.6) is 0 Å². The number of rotatable bonds is 5. The summed E-state index contributed by atoms with van der Waals surface area (Å²) in [7, 11) is 1.60. The van der Waals surface area contributed by atoms with Crippen molar-refractivity contribution in [1.29, 1.82) is 0 Å². The molecule has 0 radical (unpaired) electrons. The molecule has 0 saturated heterocycles. The van der Waals surface area contributed by atoms with Crippen LogP contribution in [0.4, 0.5) is 0 Å². The molecule has 108 valence electrons. The second kappa shape index (κ2) is 7.08. The molecular formula is C16H21NO3. The van der Waals surface area contributed by atoms with Crippen molar-refractivity contribution in [3.8, 4) is 0 Å². The largest absolute Gasteiger partial charge is 0.478 e. The van der Waals surface area contributed by atoms with Crippen LogP contribution in [0.15, 0.2) is 29.4 Å². The molecule has 4 nitrogen and oxygen atoms in total. The van der Waals surface area contributed by atoms with Gasteiger partial charge in [-0.25, -0.2) is 4.79 Å². The highest BCUT2D eigenvalue weighted by atomic mass is 16.6. The van der Waals surface area contributed by atoms with Crippen molar-refractivity contribution in [2.24, 2.45) is 11.1 Å². The van der Waals surface area contributed by atoms with Gasteiger partial charge in [0, 0.05) is 0 Å². The predicted molar refractivity (Wildman–Crippen MR) is 78.1 cm³/mol. The minimum Gasteiger partial charge on any atom is -0.478 e. The van der Waals surface area contributed by atoms with E-state index in [4.69, 9.17) is 9.94 Å². The van der Waals surface area contributed by atoms with Crippen LogP contribution < -0.4 is 0 Å². The van der Waals surface area contributed by atoms with E-state index < -0.39 is 5.97 Å². The van der Waals surface area contributed by atoms with Crippen LogP contribution in [-0.2, 0) is 11.3 Å². The summed E-state index contributed by atoms with van der Waals surface area (Å²) in [4.78, 5) is 15.6. The van der Waals surface area contributed by atoms with Gasteiger partial charge in [-0.15, -0.1) is 0 Å². The Morgan fingerprint density at radius 1 is 1.30 bits per heavy atom. The Hall–Kier alpha value is -1.84. The SMILES string of the molecule is CON=C1CCC(CCc2ccc(C(=O)O)cc2)CC1. The molecule has 1 aromatic carbocycles. The second-order valence-corrected chi connectivity index (χ2v) is 5.32. The third-order valence-electron chi connectivity index (χ3n) is 3.94. The Kier molecular flexibility index (Phi) is 5.16. The molecule has 1 aromatic rings. The first-order valence-corrected chi connectivity index (χ1v) is 7.10. The summed E-state index contributed by atoms with van der Waals surface area (Å²) in [6.45, 7) is 0. The summed E-state index contributed by atoms with van der Waals surface area (Å²) in [5, 5.41) is 12.9. The minimum atomic E-state index is -0.867. The first-order chi connectivity index (χ1) is 9.69. The minimum absolute atomic E-state index is 0.354. The Morgan fingerprint density at radius 3 is 2.50 bits per heavy atom. The molecule has 0 aromatic heterocycles. The van der Waals surface area contributed by atoms with E-state index in [1.165, 1.54) is 24.1 Å². The molecule has 1 aliphatic carbocycles. The van der Waals surface area contributed by atoms with Gasteiger partial charge in [-0.1, -0.05) is 17.3 Å². The highest BCUT2D eigenvalue weighted by Crippen LogP contribution is 2.26. The molecule has 1 saturated carbocycles. The monoisotopic (exact) mass is 275 g/mol. The number of nitrogens with zero attached hydrogens (tertiary/aromatic N) is 1. The fourth-order valence-electron chi connectivity index (χ4n) is 2.70. The molecule has 1 fully saturated rings. The van der Waals surface area contributed by atoms with Crippen LogP contribution in [0, 0.1) is 5.92 Å². The van der Waals surface area contributed by atoms with Gasteiger partial charge in [0.25, 0.3) is 0 Å². The van der Waals surface area contributed by atoms with E-state index in [-0.39, 0.29) is 0 Å². The summed E-state index contributed by atoms with van der Waals surface area (Å²) < 4.78 is 0. The van der Waals surface area contributed by atoms with E-state index >= 15 is 0 Å². The normalized spacial score (nSPS) is 18.6. The number of carbonyl (C=O) groups is 1. The zero-order chi connectivity index (χ0) is 14.4. The number of hydrogen-bond acceptors (Lipinski definition) is 3. The lowest BCUT2D eigenvalue weighted by atomic mass is 9.84. The summed E-state index contributed by atoms with van der Waals surface area (Å²) in [5.41, 5.74) is 2.74. The van der Waals surface area contributed by atoms with Crippen LogP contribution in [0.25, 0.3) is 0 Å². The van der Waals surface area contributed by atoms with Crippen molar-refractivity contribution in [2.75, 3.05) is 7.11 Å². The van der Waals surface area contributed by atoms with Gasteiger partial charge in [0.1, 0.15) is 7.11 Å². The smallest absolute Gasteiger partial charge is 0.335 e. The van der Waals surface area contributed by atoms with Crippen LogP contribution in [0.3, 0.4) is 0 Å². The fraction of sp³-hybridized carbons (Fsp3) is 0.500. The maximum atomic E-state index is 10.8. The summed E-state index contributed by atoms with van der Waals surface area (Å²) >= 11 is 0. The highest BCUT2D eigenvalue weighted by Gasteiger charge is 2.17. The quantitative estimate of drug-likeness (QED) is 0.836. The van der Waals surface area contributed by atoms with Crippen molar-refractivity contribution >= 4 is 11.7 Å². The summed E-state index contributed by atoms with van der Waals surface area (Å²) in [6.07, 6.45) is 6.60. The van der Waals surface area contributed by atoms with Gasteiger partial charge < -0.3 is 9.94 Å². The van der Waals surface area contributed by atoms with Gasteiger partial charge in [0.15, 0.2) is 0 Å². The Bertz CT molecular complexity index is 469. The van der Waals surface area contributed by atoms with Crippen molar-refractivity contribution in [3.05, 3.63) is 35.4 Å². The Labute approximate surface area is 119 Å². The van der Waals surface area contributed by atoms with Gasteiger partial charge in [-0.2, -0.15) is 0 Å². The zero-order valence-corrected chi connectivity index (χ0v) is 11.8. The van der Waals surface area contributed by atoms with Crippen LogP contribution >= 0.6 is 0 Å². The summed E-state index contributed by atoms with van der Waals surface area (Å²) in [5.74, 6) is -0.126.